The highest BCUT2D eigenvalue weighted by molar-refractivity contribution is 5.17. The zero-order valence-corrected chi connectivity index (χ0v) is 12.4. The summed E-state index contributed by atoms with van der Waals surface area (Å²) in [6.07, 6.45) is 5.79. The molecule has 114 valence electrons. The first-order chi connectivity index (χ1) is 10.3. The van der Waals surface area contributed by atoms with Crippen LogP contribution >= 0.6 is 0 Å². The lowest BCUT2D eigenvalue weighted by atomic mass is 9.69. The van der Waals surface area contributed by atoms with E-state index in [4.69, 9.17) is 19.2 Å². The summed E-state index contributed by atoms with van der Waals surface area (Å²) in [5, 5.41) is 0. The first kappa shape index (κ1) is 13.7. The fourth-order valence-electron chi connectivity index (χ4n) is 4.20. The van der Waals surface area contributed by atoms with Crippen LogP contribution in [-0.4, -0.2) is 24.8 Å². The van der Waals surface area contributed by atoms with E-state index in [2.05, 4.69) is 12.1 Å². The molecule has 4 aliphatic rings. The molecule has 1 spiro atoms. The van der Waals surface area contributed by atoms with Gasteiger partial charge in [-0.2, -0.15) is 4.89 Å². The standard InChI is InChI=1S/C17H22O4/c1-18-15-17-10-6-5-9-14(17)12-16(19-15,20-21-17)11-13-7-3-2-4-8-13/h2-4,7-8,14-15H,5-6,9-12H2,1H3/t14?,15?,16-,17+/m0/s1. The van der Waals surface area contributed by atoms with Crippen LogP contribution in [0.1, 0.15) is 37.7 Å². The third-order valence-corrected chi connectivity index (χ3v) is 5.22. The first-order valence-electron chi connectivity index (χ1n) is 7.88. The van der Waals surface area contributed by atoms with Gasteiger partial charge in [0.05, 0.1) is 0 Å². The molecule has 4 heteroatoms. The second-order valence-electron chi connectivity index (χ2n) is 6.53. The predicted molar refractivity (Wildman–Crippen MR) is 76.2 cm³/mol. The maximum atomic E-state index is 6.22. The van der Waals surface area contributed by atoms with Crippen LogP contribution in [0.5, 0.6) is 0 Å². The van der Waals surface area contributed by atoms with Gasteiger partial charge in [0.2, 0.25) is 5.79 Å². The van der Waals surface area contributed by atoms with Gasteiger partial charge >= 0.3 is 0 Å². The van der Waals surface area contributed by atoms with Crippen molar-refractivity contribution in [2.75, 3.05) is 7.11 Å². The van der Waals surface area contributed by atoms with E-state index < -0.39 is 11.4 Å². The maximum absolute atomic E-state index is 6.22. The summed E-state index contributed by atoms with van der Waals surface area (Å²) in [5.41, 5.74) is 0.798. The van der Waals surface area contributed by atoms with E-state index in [-0.39, 0.29) is 6.29 Å². The molecule has 5 rings (SSSR count). The molecule has 3 saturated heterocycles. The van der Waals surface area contributed by atoms with Gasteiger partial charge in [0.1, 0.15) is 0 Å². The Morgan fingerprint density at radius 3 is 2.86 bits per heavy atom. The van der Waals surface area contributed by atoms with Gasteiger partial charge in [-0.05, 0) is 18.4 Å². The molecule has 2 unspecified atom stereocenters. The molecule has 1 aromatic carbocycles. The molecular formula is C17H22O4. The summed E-state index contributed by atoms with van der Waals surface area (Å²) in [7, 11) is 1.70. The minimum Gasteiger partial charge on any atom is -0.353 e. The van der Waals surface area contributed by atoms with Crippen molar-refractivity contribution in [3.05, 3.63) is 35.9 Å². The average Bonchev–Trinajstić information content (AvgIpc) is 2.54. The van der Waals surface area contributed by atoms with Crippen LogP contribution in [0.25, 0.3) is 0 Å². The van der Waals surface area contributed by atoms with E-state index in [0.717, 1.165) is 19.3 Å². The number of rotatable bonds is 3. The molecule has 0 radical (unpaired) electrons. The van der Waals surface area contributed by atoms with Gasteiger partial charge in [-0.3, -0.25) is 0 Å². The van der Waals surface area contributed by atoms with Crippen molar-refractivity contribution in [3.63, 3.8) is 0 Å². The fourth-order valence-corrected chi connectivity index (χ4v) is 4.20. The molecule has 4 fully saturated rings. The van der Waals surface area contributed by atoms with Crippen molar-refractivity contribution in [2.24, 2.45) is 5.92 Å². The van der Waals surface area contributed by atoms with Crippen molar-refractivity contribution in [2.45, 2.75) is 56.2 Å². The van der Waals surface area contributed by atoms with Crippen molar-refractivity contribution in [1.29, 1.82) is 0 Å². The molecule has 0 aromatic heterocycles. The Hall–Kier alpha value is -0.940. The van der Waals surface area contributed by atoms with Gasteiger partial charge in [-0.15, -0.1) is 0 Å². The van der Waals surface area contributed by atoms with Gasteiger partial charge in [0, 0.05) is 25.9 Å². The summed E-state index contributed by atoms with van der Waals surface area (Å²) in [4.78, 5) is 11.7. The fraction of sp³-hybridized carbons (Fsp3) is 0.647. The SMILES string of the molecule is COC1O[C@]2(Cc3ccccc3)CC3CCCC[C@@]31OO2. The van der Waals surface area contributed by atoms with Gasteiger partial charge in [0.15, 0.2) is 11.9 Å². The summed E-state index contributed by atoms with van der Waals surface area (Å²) in [6, 6.07) is 10.3. The van der Waals surface area contributed by atoms with Crippen molar-refractivity contribution >= 4 is 0 Å². The van der Waals surface area contributed by atoms with Crippen LogP contribution in [0, 0.1) is 5.92 Å². The van der Waals surface area contributed by atoms with Crippen LogP contribution in [0.2, 0.25) is 0 Å². The minimum atomic E-state index is -0.703. The van der Waals surface area contributed by atoms with Crippen LogP contribution in [0.4, 0.5) is 0 Å². The molecule has 21 heavy (non-hydrogen) atoms. The Kier molecular flexibility index (Phi) is 3.30. The molecule has 3 aliphatic heterocycles. The maximum Gasteiger partial charge on any atom is 0.208 e. The number of hydrogen-bond donors (Lipinski definition) is 0. The van der Waals surface area contributed by atoms with Crippen LogP contribution in [0.15, 0.2) is 30.3 Å². The molecular weight excluding hydrogens is 268 g/mol. The smallest absolute Gasteiger partial charge is 0.208 e. The van der Waals surface area contributed by atoms with Crippen molar-refractivity contribution < 1.29 is 19.2 Å². The van der Waals surface area contributed by atoms with Crippen molar-refractivity contribution in [1.82, 2.24) is 0 Å². The molecule has 0 N–H and O–H groups in total. The Labute approximate surface area is 125 Å². The normalized spacial score (nSPS) is 41.8. The third-order valence-electron chi connectivity index (χ3n) is 5.22. The highest BCUT2D eigenvalue weighted by Crippen LogP contribution is 2.55. The number of hydrogen-bond acceptors (Lipinski definition) is 4. The second-order valence-corrected chi connectivity index (χ2v) is 6.53. The summed E-state index contributed by atoms with van der Waals surface area (Å²) >= 11 is 0. The molecule has 1 aromatic rings. The lowest BCUT2D eigenvalue weighted by Gasteiger charge is -2.59. The predicted octanol–water partition coefficient (Wildman–Crippen LogP) is 3.21. The molecule has 1 saturated carbocycles. The number of ether oxygens (including phenoxy) is 2. The Balaban J connectivity index is 1.62. The monoisotopic (exact) mass is 290 g/mol. The molecule has 2 bridgehead atoms. The number of methoxy groups -OCH3 is 1. The van der Waals surface area contributed by atoms with Crippen LogP contribution < -0.4 is 0 Å². The van der Waals surface area contributed by atoms with E-state index in [1.807, 2.05) is 18.2 Å². The number of benzene rings is 1. The zero-order chi connectivity index (χ0) is 14.3. The van der Waals surface area contributed by atoms with Crippen molar-refractivity contribution in [3.8, 4) is 0 Å². The quantitative estimate of drug-likeness (QED) is 0.801. The lowest BCUT2D eigenvalue weighted by molar-refractivity contribution is -0.591. The lowest BCUT2D eigenvalue weighted by Crippen LogP contribution is -2.69. The van der Waals surface area contributed by atoms with Gasteiger partial charge in [-0.25, -0.2) is 4.89 Å². The molecule has 4 nitrogen and oxygen atoms in total. The second kappa shape index (κ2) is 5.06. The summed E-state index contributed by atoms with van der Waals surface area (Å²) in [5.74, 6) is -0.242. The highest BCUT2D eigenvalue weighted by atomic mass is 17.3. The zero-order valence-electron chi connectivity index (χ0n) is 12.4. The van der Waals surface area contributed by atoms with Crippen LogP contribution in [0.3, 0.4) is 0 Å². The summed E-state index contributed by atoms with van der Waals surface area (Å²) in [6.45, 7) is 0. The molecule has 4 atom stereocenters. The first-order valence-corrected chi connectivity index (χ1v) is 7.88. The van der Waals surface area contributed by atoms with Gasteiger partial charge in [-0.1, -0.05) is 43.2 Å². The molecule has 1 aliphatic carbocycles. The largest absolute Gasteiger partial charge is 0.353 e. The van der Waals surface area contributed by atoms with E-state index in [1.54, 1.807) is 7.11 Å². The van der Waals surface area contributed by atoms with E-state index in [9.17, 15) is 0 Å². The highest BCUT2D eigenvalue weighted by Gasteiger charge is 2.64. The topological polar surface area (TPSA) is 36.9 Å². The minimum absolute atomic E-state index is 0.325. The Bertz CT molecular complexity index is 493. The van der Waals surface area contributed by atoms with E-state index in [0.29, 0.717) is 12.3 Å². The van der Waals surface area contributed by atoms with E-state index >= 15 is 0 Å². The molecule has 0 amide bonds. The summed E-state index contributed by atoms with van der Waals surface area (Å²) < 4.78 is 11.8. The Morgan fingerprint density at radius 1 is 1.19 bits per heavy atom. The number of fused-ring (bicyclic) bond motifs is 2. The van der Waals surface area contributed by atoms with Gasteiger partial charge in [0.25, 0.3) is 0 Å². The average molecular weight is 290 g/mol. The van der Waals surface area contributed by atoms with Crippen LogP contribution in [-0.2, 0) is 25.7 Å². The van der Waals surface area contributed by atoms with E-state index in [1.165, 1.54) is 18.4 Å². The molecule has 3 heterocycles. The third kappa shape index (κ3) is 2.13. The Morgan fingerprint density at radius 2 is 2.05 bits per heavy atom. The van der Waals surface area contributed by atoms with Gasteiger partial charge < -0.3 is 9.47 Å².